The van der Waals surface area contributed by atoms with E-state index in [1.807, 2.05) is 44.2 Å². The molecule has 0 spiro atoms. The van der Waals surface area contributed by atoms with Crippen molar-refractivity contribution in [2.24, 2.45) is 0 Å². The monoisotopic (exact) mass is 414 g/mol. The standard InChI is InChI=1S/C24H22N4O3/c1-13-5-7-17(8-6-13)21-12-19(22-15(3)28-31-24(22)27-21)23(30)26-18-9-10-20(14(2)11-18)25-16(4)29/h5-12H,1-4H3,(H,25,29)(H,26,30). The lowest BCUT2D eigenvalue weighted by atomic mass is 10.0. The Morgan fingerprint density at radius 2 is 1.68 bits per heavy atom. The summed E-state index contributed by atoms with van der Waals surface area (Å²) in [6.45, 7) is 7.11. The molecule has 2 heterocycles. The molecule has 0 unspecified atom stereocenters. The van der Waals surface area contributed by atoms with E-state index >= 15 is 0 Å². The Morgan fingerprint density at radius 1 is 0.935 bits per heavy atom. The van der Waals surface area contributed by atoms with Crippen LogP contribution in [0, 0.1) is 20.8 Å². The lowest BCUT2D eigenvalue weighted by Crippen LogP contribution is -2.14. The van der Waals surface area contributed by atoms with Crippen molar-refractivity contribution in [1.82, 2.24) is 10.1 Å². The fourth-order valence-electron chi connectivity index (χ4n) is 3.42. The van der Waals surface area contributed by atoms with Gasteiger partial charge >= 0.3 is 0 Å². The summed E-state index contributed by atoms with van der Waals surface area (Å²) < 4.78 is 5.37. The van der Waals surface area contributed by atoms with E-state index in [9.17, 15) is 9.59 Å². The van der Waals surface area contributed by atoms with Gasteiger partial charge in [0.25, 0.3) is 11.6 Å². The molecule has 31 heavy (non-hydrogen) atoms. The number of aromatic nitrogens is 2. The molecule has 2 N–H and O–H groups in total. The molecule has 7 heteroatoms. The Morgan fingerprint density at radius 3 is 2.35 bits per heavy atom. The number of nitrogens with zero attached hydrogens (tertiary/aromatic N) is 2. The summed E-state index contributed by atoms with van der Waals surface area (Å²) >= 11 is 0. The SMILES string of the molecule is CC(=O)Nc1ccc(NC(=O)c2cc(-c3ccc(C)cc3)nc3onc(C)c23)cc1C. The predicted molar refractivity (Wildman–Crippen MR) is 120 cm³/mol. The molecular weight excluding hydrogens is 392 g/mol. The first-order chi connectivity index (χ1) is 14.8. The van der Waals surface area contributed by atoms with Gasteiger partial charge in [-0.05, 0) is 50.6 Å². The molecular formula is C24H22N4O3. The summed E-state index contributed by atoms with van der Waals surface area (Å²) in [5, 5.41) is 10.3. The van der Waals surface area contributed by atoms with Crippen molar-refractivity contribution in [2.75, 3.05) is 10.6 Å². The normalized spacial score (nSPS) is 10.8. The van der Waals surface area contributed by atoms with Crippen LogP contribution in [-0.2, 0) is 4.79 Å². The molecule has 4 rings (SSSR count). The van der Waals surface area contributed by atoms with E-state index < -0.39 is 0 Å². The Kier molecular flexibility index (Phi) is 5.25. The largest absolute Gasteiger partial charge is 0.335 e. The van der Waals surface area contributed by atoms with Crippen molar-refractivity contribution in [3.63, 3.8) is 0 Å². The lowest BCUT2D eigenvalue weighted by Gasteiger charge is -2.11. The van der Waals surface area contributed by atoms with Gasteiger partial charge < -0.3 is 15.2 Å². The lowest BCUT2D eigenvalue weighted by molar-refractivity contribution is -0.114. The Hall–Kier alpha value is -4.00. The molecule has 7 nitrogen and oxygen atoms in total. The second kappa shape index (κ2) is 8.02. The summed E-state index contributed by atoms with van der Waals surface area (Å²) in [6.07, 6.45) is 0. The van der Waals surface area contributed by atoms with Gasteiger partial charge in [0.2, 0.25) is 5.91 Å². The second-order valence-electron chi connectivity index (χ2n) is 7.53. The number of hydrogen-bond acceptors (Lipinski definition) is 5. The van der Waals surface area contributed by atoms with Crippen LogP contribution in [0.2, 0.25) is 0 Å². The van der Waals surface area contributed by atoms with Crippen LogP contribution in [0.4, 0.5) is 11.4 Å². The predicted octanol–water partition coefficient (Wildman–Crippen LogP) is 5.03. The number of nitrogens with one attached hydrogen (secondary N) is 2. The minimum absolute atomic E-state index is 0.148. The second-order valence-corrected chi connectivity index (χ2v) is 7.53. The number of rotatable bonds is 4. The number of anilines is 2. The molecule has 0 aliphatic heterocycles. The van der Waals surface area contributed by atoms with E-state index in [2.05, 4.69) is 20.8 Å². The number of pyridine rings is 1. The molecule has 0 saturated carbocycles. The van der Waals surface area contributed by atoms with E-state index in [4.69, 9.17) is 4.52 Å². The maximum atomic E-state index is 13.2. The maximum Gasteiger partial charge on any atom is 0.259 e. The van der Waals surface area contributed by atoms with E-state index in [1.165, 1.54) is 6.92 Å². The highest BCUT2D eigenvalue weighted by Crippen LogP contribution is 2.28. The number of fused-ring (bicyclic) bond motifs is 1. The van der Waals surface area contributed by atoms with Gasteiger partial charge in [-0.2, -0.15) is 0 Å². The van der Waals surface area contributed by atoms with Gasteiger partial charge in [0.05, 0.1) is 22.3 Å². The Labute approximate surface area is 179 Å². The van der Waals surface area contributed by atoms with E-state index in [0.29, 0.717) is 39.4 Å². The first-order valence-corrected chi connectivity index (χ1v) is 9.85. The molecule has 0 atom stereocenters. The topological polar surface area (TPSA) is 97.1 Å². The van der Waals surface area contributed by atoms with Gasteiger partial charge in [-0.15, -0.1) is 0 Å². The summed E-state index contributed by atoms with van der Waals surface area (Å²) in [5.41, 5.74) is 6.16. The van der Waals surface area contributed by atoms with Gasteiger partial charge in [-0.25, -0.2) is 4.98 Å². The molecule has 2 aromatic heterocycles. The van der Waals surface area contributed by atoms with Crippen LogP contribution in [0.3, 0.4) is 0 Å². The highest BCUT2D eigenvalue weighted by Gasteiger charge is 2.20. The molecule has 2 aromatic carbocycles. The zero-order chi connectivity index (χ0) is 22.1. The van der Waals surface area contributed by atoms with Crippen molar-refractivity contribution < 1.29 is 14.1 Å². The van der Waals surface area contributed by atoms with Crippen LogP contribution in [0.5, 0.6) is 0 Å². The van der Waals surface area contributed by atoms with Gasteiger partial charge in [-0.1, -0.05) is 35.0 Å². The van der Waals surface area contributed by atoms with Crippen molar-refractivity contribution in [3.05, 3.63) is 70.9 Å². The van der Waals surface area contributed by atoms with Gasteiger partial charge in [0.15, 0.2) is 0 Å². The third-order valence-corrected chi connectivity index (χ3v) is 5.00. The first-order valence-electron chi connectivity index (χ1n) is 9.85. The van der Waals surface area contributed by atoms with Crippen LogP contribution >= 0.6 is 0 Å². The van der Waals surface area contributed by atoms with E-state index in [-0.39, 0.29) is 11.8 Å². The van der Waals surface area contributed by atoms with Gasteiger partial charge in [-0.3, -0.25) is 9.59 Å². The molecule has 156 valence electrons. The Balaban J connectivity index is 1.72. The highest BCUT2D eigenvalue weighted by molar-refractivity contribution is 6.13. The number of aryl methyl sites for hydroxylation is 3. The van der Waals surface area contributed by atoms with Crippen LogP contribution in [0.25, 0.3) is 22.4 Å². The van der Waals surface area contributed by atoms with Crippen molar-refractivity contribution >= 4 is 34.3 Å². The summed E-state index contributed by atoms with van der Waals surface area (Å²) in [4.78, 5) is 29.1. The van der Waals surface area contributed by atoms with E-state index in [0.717, 1.165) is 16.7 Å². The maximum absolute atomic E-state index is 13.2. The zero-order valence-electron chi connectivity index (χ0n) is 17.7. The van der Waals surface area contributed by atoms with Crippen molar-refractivity contribution in [2.45, 2.75) is 27.7 Å². The molecule has 4 aromatic rings. The van der Waals surface area contributed by atoms with Crippen LogP contribution < -0.4 is 10.6 Å². The van der Waals surface area contributed by atoms with Crippen LogP contribution in [0.15, 0.2) is 53.1 Å². The first kappa shape index (κ1) is 20.3. The molecule has 0 aliphatic rings. The van der Waals surface area contributed by atoms with Crippen molar-refractivity contribution in [1.29, 1.82) is 0 Å². The summed E-state index contributed by atoms with van der Waals surface area (Å²) in [6, 6.07) is 15.0. The molecule has 0 aliphatic carbocycles. The van der Waals surface area contributed by atoms with Gasteiger partial charge in [0, 0.05) is 23.9 Å². The van der Waals surface area contributed by atoms with Crippen LogP contribution in [0.1, 0.15) is 34.1 Å². The third-order valence-electron chi connectivity index (χ3n) is 5.00. The number of benzene rings is 2. The summed E-state index contributed by atoms with van der Waals surface area (Å²) in [5.74, 6) is -0.440. The zero-order valence-corrected chi connectivity index (χ0v) is 17.7. The smallest absolute Gasteiger partial charge is 0.259 e. The number of amides is 2. The number of carbonyl (C=O) groups is 2. The average Bonchev–Trinajstić information content (AvgIpc) is 3.10. The Bertz CT molecular complexity index is 1310. The molecule has 2 amide bonds. The fraction of sp³-hybridized carbons (Fsp3) is 0.167. The molecule has 0 fully saturated rings. The molecule has 0 bridgehead atoms. The van der Waals surface area contributed by atoms with Crippen LogP contribution in [-0.4, -0.2) is 22.0 Å². The minimum Gasteiger partial charge on any atom is -0.335 e. The third kappa shape index (κ3) is 4.16. The van der Waals surface area contributed by atoms with E-state index in [1.54, 1.807) is 25.1 Å². The molecule has 0 radical (unpaired) electrons. The quantitative estimate of drug-likeness (QED) is 0.488. The number of carbonyl (C=O) groups excluding carboxylic acids is 2. The minimum atomic E-state index is -0.293. The highest BCUT2D eigenvalue weighted by atomic mass is 16.5. The summed E-state index contributed by atoms with van der Waals surface area (Å²) in [7, 11) is 0. The van der Waals surface area contributed by atoms with Crippen molar-refractivity contribution in [3.8, 4) is 11.3 Å². The van der Waals surface area contributed by atoms with Gasteiger partial charge in [0.1, 0.15) is 0 Å². The molecule has 0 saturated heterocycles. The number of hydrogen-bond donors (Lipinski definition) is 2. The fourth-order valence-corrected chi connectivity index (χ4v) is 3.42. The average molecular weight is 414 g/mol.